The fourth-order valence-electron chi connectivity index (χ4n) is 2.27. The number of nitrogens with zero attached hydrogens (tertiary/aromatic N) is 1. The van der Waals surface area contributed by atoms with Crippen LogP contribution < -0.4 is 5.73 Å². The molecule has 3 rings (SSSR count). The standard InChI is InChI=1S/C13H16N2O3S2/c14-8-11-9-15(5-6-18-11)20(16,17)13-7-10-3-1-2-4-12(10)19-13/h1-4,7,11H,5-6,8-9,14H2. The fourth-order valence-corrected chi connectivity index (χ4v) is 5.27. The van der Waals surface area contributed by atoms with E-state index in [0.717, 1.165) is 10.1 Å². The molecule has 5 nitrogen and oxygen atoms in total. The van der Waals surface area contributed by atoms with Crippen LogP contribution in [-0.4, -0.2) is 45.1 Å². The summed E-state index contributed by atoms with van der Waals surface area (Å²) in [4.78, 5) is 0. The Morgan fingerprint density at radius 1 is 1.40 bits per heavy atom. The number of sulfonamides is 1. The molecule has 2 heterocycles. The molecule has 1 fully saturated rings. The quantitative estimate of drug-likeness (QED) is 0.926. The van der Waals surface area contributed by atoms with Crippen LogP contribution in [-0.2, 0) is 14.8 Å². The van der Waals surface area contributed by atoms with Crippen molar-refractivity contribution < 1.29 is 13.2 Å². The molecule has 20 heavy (non-hydrogen) atoms. The Morgan fingerprint density at radius 3 is 2.95 bits per heavy atom. The van der Waals surface area contributed by atoms with E-state index in [1.165, 1.54) is 15.6 Å². The van der Waals surface area contributed by atoms with Gasteiger partial charge in [-0.15, -0.1) is 11.3 Å². The summed E-state index contributed by atoms with van der Waals surface area (Å²) in [6, 6.07) is 9.41. The van der Waals surface area contributed by atoms with E-state index < -0.39 is 10.0 Å². The predicted molar refractivity (Wildman–Crippen MR) is 79.4 cm³/mol. The van der Waals surface area contributed by atoms with Gasteiger partial charge in [-0.1, -0.05) is 18.2 Å². The van der Waals surface area contributed by atoms with Crippen LogP contribution in [0.5, 0.6) is 0 Å². The lowest BCUT2D eigenvalue weighted by atomic mass is 10.3. The Balaban J connectivity index is 1.94. The first-order valence-electron chi connectivity index (χ1n) is 6.41. The van der Waals surface area contributed by atoms with Gasteiger partial charge in [-0.25, -0.2) is 8.42 Å². The molecule has 108 valence electrons. The van der Waals surface area contributed by atoms with Gasteiger partial charge in [0.15, 0.2) is 0 Å². The molecule has 0 amide bonds. The zero-order valence-electron chi connectivity index (χ0n) is 10.9. The van der Waals surface area contributed by atoms with E-state index in [9.17, 15) is 8.42 Å². The topological polar surface area (TPSA) is 72.6 Å². The van der Waals surface area contributed by atoms with E-state index in [0.29, 0.717) is 30.5 Å². The molecular weight excluding hydrogens is 296 g/mol. The van der Waals surface area contributed by atoms with Crippen LogP contribution in [0.3, 0.4) is 0 Å². The molecule has 7 heteroatoms. The number of ether oxygens (including phenoxy) is 1. The molecule has 1 aromatic heterocycles. The number of fused-ring (bicyclic) bond motifs is 1. The monoisotopic (exact) mass is 312 g/mol. The first-order chi connectivity index (χ1) is 9.61. The summed E-state index contributed by atoms with van der Waals surface area (Å²) in [7, 11) is -3.45. The Kier molecular flexibility index (Phi) is 3.78. The molecule has 0 spiro atoms. The Hall–Kier alpha value is -0.990. The molecule has 2 aromatic rings. The number of benzene rings is 1. The van der Waals surface area contributed by atoms with Gasteiger partial charge in [0.25, 0.3) is 10.0 Å². The van der Waals surface area contributed by atoms with E-state index in [2.05, 4.69) is 0 Å². The van der Waals surface area contributed by atoms with Gasteiger partial charge in [-0.3, -0.25) is 0 Å². The van der Waals surface area contributed by atoms with Gasteiger partial charge in [-0.2, -0.15) is 4.31 Å². The lowest BCUT2D eigenvalue weighted by molar-refractivity contribution is 0.00456. The highest BCUT2D eigenvalue weighted by atomic mass is 32.2. The van der Waals surface area contributed by atoms with Crippen molar-refractivity contribution in [1.29, 1.82) is 0 Å². The second kappa shape index (κ2) is 5.42. The zero-order valence-corrected chi connectivity index (χ0v) is 12.5. The van der Waals surface area contributed by atoms with Crippen LogP contribution in [0.1, 0.15) is 0 Å². The zero-order chi connectivity index (χ0) is 14.2. The lowest BCUT2D eigenvalue weighted by Gasteiger charge is -2.31. The number of hydrogen-bond donors (Lipinski definition) is 1. The highest BCUT2D eigenvalue weighted by molar-refractivity contribution is 7.91. The van der Waals surface area contributed by atoms with Crippen molar-refractivity contribution in [2.75, 3.05) is 26.2 Å². The van der Waals surface area contributed by atoms with Crippen LogP contribution in [0.15, 0.2) is 34.5 Å². The normalized spacial score (nSPS) is 21.4. The summed E-state index contributed by atoms with van der Waals surface area (Å²) < 4.78 is 33.6. The third kappa shape index (κ3) is 2.47. The van der Waals surface area contributed by atoms with Crippen molar-refractivity contribution in [3.63, 3.8) is 0 Å². The fraction of sp³-hybridized carbons (Fsp3) is 0.385. The van der Waals surface area contributed by atoms with Crippen molar-refractivity contribution in [2.24, 2.45) is 5.73 Å². The molecule has 1 aromatic carbocycles. The molecule has 1 aliphatic heterocycles. The van der Waals surface area contributed by atoms with Gasteiger partial charge in [0.05, 0.1) is 12.7 Å². The molecule has 1 atom stereocenters. The van der Waals surface area contributed by atoms with Crippen LogP contribution in [0.4, 0.5) is 0 Å². The summed E-state index contributed by atoms with van der Waals surface area (Å²) in [6.07, 6.45) is -0.215. The van der Waals surface area contributed by atoms with Crippen LogP contribution in [0.2, 0.25) is 0 Å². The number of rotatable bonds is 3. The van der Waals surface area contributed by atoms with Crippen LogP contribution in [0, 0.1) is 0 Å². The van der Waals surface area contributed by atoms with Gasteiger partial charge < -0.3 is 10.5 Å². The van der Waals surface area contributed by atoms with Crippen LogP contribution in [0.25, 0.3) is 10.1 Å². The highest BCUT2D eigenvalue weighted by Gasteiger charge is 2.31. The van der Waals surface area contributed by atoms with Gasteiger partial charge in [0.1, 0.15) is 4.21 Å². The predicted octanol–water partition coefficient (Wildman–Crippen LogP) is 1.25. The lowest BCUT2D eigenvalue weighted by Crippen LogP contribution is -2.47. The molecule has 0 saturated carbocycles. The largest absolute Gasteiger partial charge is 0.374 e. The minimum Gasteiger partial charge on any atom is -0.374 e. The van der Waals surface area contributed by atoms with E-state index >= 15 is 0 Å². The summed E-state index contributed by atoms with van der Waals surface area (Å²) in [5.74, 6) is 0. The maximum absolute atomic E-state index is 12.7. The maximum Gasteiger partial charge on any atom is 0.252 e. The van der Waals surface area contributed by atoms with Gasteiger partial charge in [0, 0.05) is 24.3 Å². The summed E-state index contributed by atoms with van der Waals surface area (Å²) in [5, 5.41) is 0.958. The Morgan fingerprint density at radius 2 is 2.20 bits per heavy atom. The molecule has 0 bridgehead atoms. The number of thiophene rings is 1. The van der Waals surface area contributed by atoms with E-state index in [-0.39, 0.29) is 6.10 Å². The second-order valence-electron chi connectivity index (χ2n) is 4.69. The minimum atomic E-state index is -3.45. The molecule has 0 radical (unpaired) electrons. The van der Waals surface area contributed by atoms with Crippen LogP contribution >= 0.6 is 11.3 Å². The number of hydrogen-bond acceptors (Lipinski definition) is 5. The maximum atomic E-state index is 12.7. The molecular formula is C13H16N2O3S2. The molecule has 1 saturated heterocycles. The first kappa shape index (κ1) is 14.0. The average Bonchev–Trinajstić information content (AvgIpc) is 2.92. The summed E-state index contributed by atoms with van der Waals surface area (Å²) in [6.45, 7) is 1.44. The Labute approximate surface area is 122 Å². The third-order valence-electron chi connectivity index (χ3n) is 3.36. The minimum absolute atomic E-state index is 0.215. The summed E-state index contributed by atoms with van der Waals surface area (Å²) >= 11 is 1.30. The van der Waals surface area contributed by atoms with E-state index in [1.807, 2.05) is 24.3 Å². The summed E-state index contributed by atoms with van der Waals surface area (Å²) in [5.41, 5.74) is 5.56. The SMILES string of the molecule is NCC1CN(S(=O)(=O)c2cc3ccccc3s2)CCO1. The van der Waals surface area contributed by atoms with E-state index in [4.69, 9.17) is 10.5 Å². The number of morpholine rings is 1. The van der Waals surface area contributed by atoms with Crippen molar-refractivity contribution >= 4 is 31.4 Å². The molecule has 2 N–H and O–H groups in total. The van der Waals surface area contributed by atoms with Crippen molar-refractivity contribution in [3.8, 4) is 0 Å². The van der Waals surface area contributed by atoms with Crippen molar-refractivity contribution in [1.82, 2.24) is 4.31 Å². The smallest absolute Gasteiger partial charge is 0.252 e. The van der Waals surface area contributed by atoms with Crippen molar-refractivity contribution in [3.05, 3.63) is 30.3 Å². The highest BCUT2D eigenvalue weighted by Crippen LogP contribution is 2.31. The Bertz CT molecular complexity index is 678. The van der Waals surface area contributed by atoms with Gasteiger partial charge in [0.2, 0.25) is 0 Å². The van der Waals surface area contributed by atoms with Crippen molar-refractivity contribution in [2.45, 2.75) is 10.3 Å². The van der Waals surface area contributed by atoms with Gasteiger partial charge in [-0.05, 0) is 17.5 Å². The average molecular weight is 312 g/mol. The third-order valence-corrected chi connectivity index (χ3v) is 6.79. The second-order valence-corrected chi connectivity index (χ2v) is 7.94. The van der Waals surface area contributed by atoms with E-state index in [1.54, 1.807) is 6.07 Å². The number of nitrogens with two attached hydrogens (primary N) is 1. The van der Waals surface area contributed by atoms with Gasteiger partial charge >= 0.3 is 0 Å². The molecule has 1 aliphatic rings. The first-order valence-corrected chi connectivity index (χ1v) is 8.67. The molecule has 0 aliphatic carbocycles. The molecule has 1 unspecified atom stereocenters.